The molecule has 1 aliphatic carbocycles. The van der Waals surface area contributed by atoms with Crippen LogP contribution in [-0.4, -0.2) is 56.5 Å². The van der Waals surface area contributed by atoms with Crippen LogP contribution >= 0.6 is 11.6 Å². The summed E-state index contributed by atoms with van der Waals surface area (Å²) in [5.41, 5.74) is -1.84. The first-order chi connectivity index (χ1) is 16.5. The van der Waals surface area contributed by atoms with Gasteiger partial charge in [-0.3, -0.25) is 14.2 Å². The molecule has 3 aromatic rings. The molecule has 2 unspecified atom stereocenters. The number of piperidine rings is 1. The molecular weight excluding hydrogens is 487 g/mol. The molecule has 0 aromatic carbocycles. The number of halogens is 4. The standard InChI is InChI=1S/C23H21ClF3N5O3/c1-2-16(23(25,26)27)29-21(34)14-10-32(20-15(24)4-3-7-28-20)19-13(18(14)33)5-6-17(30-19)31-9-12-8-22(12,35)11-31/h3-7,10,12,16,35H,2,8-9,11H2,1H3,(H,29,34)/t12?,16-,22?/m1/s1. The maximum atomic E-state index is 13.2. The highest BCUT2D eigenvalue weighted by Crippen LogP contribution is 2.50. The van der Waals surface area contributed by atoms with E-state index >= 15 is 0 Å². The number of alkyl halides is 3. The number of hydrogen-bond acceptors (Lipinski definition) is 6. The molecule has 1 amide bonds. The van der Waals surface area contributed by atoms with Crippen molar-refractivity contribution < 1.29 is 23.1 Å². The van der Waals surface area contributed by atoms with E-state index < -0.39 is 41.1 Å². The van der Waals surface area contributed by atoms with Gasteiger partial charge >= 0.3 is 6.18 Å². The van der Waals surface area contributed by atoms with Crippen LogP contribution in [0.1, 0.15) is 30.1 Å². The van der Waals surface area contributed by atoms with Crippen LogP contribution in [-0.2, 0) is 0 Å². The largest absolute Gasteiger partial charge is 0.408 e. The molecule has 3 atom stereocenters. The van der Waals surface area contributed by atoms with Crippen molar-refractivity contribution in [1.82, 2.24) is 19.9 Å². The predicted octanol–water partition coefficient (Wildman–Crippen LogP) is 3.08. The second-order valence-electron chi connectivity index (χ2n) is 8.95. The van der Waals surface area contributed by atoms with Crippen LogP contribution in [0.3, 0.4) is 0 Å². The Labute approximate surface area is 202 Å². The van der Waals surface area contributed by atoms with E-state index in [-0.39, 0.29) is 27.8 Å². The molecule has 184 valence electrons. The maximum absolute atomic E-state index is 13.2. The lowest BCUT2D eigenvalue weighted by atomic mass is 10.1. The third-order valence-electron chi connectivity index (χ3n) is 6.59. The van der Waals surface area contributed by atoms with Gasteiger partial charge in [-0.2, -0.15) is 13.2 Å². The van der Waals surface area contributed by atoms with Crippen LogP contribution in [0.5, 0.6) is 0 Å². The van der Waals surface area contributed by atoms with Gasteiger partial charge in [0.15, 0.2) is 11.5 Å². The highest BCUT2D eigenvalue weighted by molar-refractivity contribution is 6.32. The summed E-state index contributed by atoms with van der Waals surface area (Å²) in [6.07, 6.45) is -1.75. The first kappa shape index (κ1) is 23.6. The first-order valence-corrected chi connectivity index (χ1v) is 11.4. The zero-order valence-corrected chi connectivity index (χ0v) is 19.3. The number of rotatable bonds is 5. The Hall–Kier alpha value is -3.18. The van der Waals surface area contributed by atoms with E-state index in [4.69, 9.17) is 11.6 Å². The van der Waals surface area contributed by atoms with Gasteiger partial charge in [-0.1, -0.05) is 18.5 Å². The van der Waals surface area contributed by atoms with Gasteiger partial charge in [0.1, 0.15) is 17.4 Å². The van der Waals surface area contributed by atoms with E-state index in [9.17, 15) is 27.9 Å². The van der Waals surface area contributed by atoms with Crippen LogP contribution in [0.2, 0.25) is 5.02 Å². The molecule has 2 aliphatic rings. The van der Waals surface area contributed by atoms with E-state index in [1.54, 1.807) is 18.2 Å². The van der Waals surface area contributed by atoms with Crippen LogP contribution in [0, 0.1) is 5.92 Å². The van der Waals surface area contributed by atoms with Crippen molar-refractivity contribution >= 4 is 34.4 Å². The van der Waals surface area contributed by atoms with Gasteiger partial charge in [0.25, 0.3) is 5.91 Å². The van der Waals surface area contributed by atoms with Gasteiger partial charge in [-0.15, -0.1) is 0 Å². The molecule has 12 heteroatoms. The summed E-state index contributed by atoms with van der Waals surface area (Å²) in [4.78, 5) is 36.7. The molecule has 0 bridgehead atoms. The van der Waals surface area contributed by atoms with Crippen molar-refractivity contribution in [2.75, 3.05) is 18.0 Å². The van der Waals surface area contributed by atoms with Crippen molar-refractivity contribution in [3.8, 4) is 5.82 Å². The number of aromatic nitrogens is 3. The number of carbonyl (C=O) groups excluding carboxylic acids is 1. The molecule has 5 rings (SSSR count). The lowest BCUT2D eigenvalue weighted by molar-refractivity contribution is -0.153. The quantitative estimate of drug-likeness (QED) is 0.550. The molecule has 4 heterocycles. The Balaban J connectivity index is 1.64. The Kier molecular flexibility index (Phi) is 5.52. The van der Waals surface area contributed by atoms with Crippen LogP contribution in [0.25, 0.3) is 16.9 Å². The molecule has 3 aromatic heterocycles. The highest BCUT2D eigenvalue weighted by Gasteiger charge is 2.59. The van der Waals surface area contributed by atoms with E-state index in [0.29, 0.717) is 18.9 Å². The fourth-order valence-electron chi connectivity index (χ4n) is 4.53. The highest BCUT2D eigenvalue weighted by atomic mass is 35.5. The monoisotopic (exact) mass is 507 g/mol. The van der Waals surface area contributed by atoms with Crippen molar-refractivity contribution in [1.29, 1.82) is 0 Å². The van der Waals surface area contributed by atoms with Gasteiger partial charge in [-0.25, -0.2) is 9.97 Å². The maximum Gasteiger partial charge on any atom is 0.408 e. The number of fused-ring (bicyclic) bond motifs is 2. The van der Waals surface area contributed by atoms with Crippen molar-refractivity contribution in [2.45, 2.75) is 37.6 Å². The van der Waals surface area contributed by atoms with E-state index in [2.05, 4.69) is 9.97 Å². The fourth-order valence-corrected chi connectivity index (χ4v) is 4.74. The smallest absolute Gasteiger partial charge is 0.388 e. The number of amides is 1. The average molecular weight is 508 g/mol. The van der Waals surface area contributed by atoms with Gasteiger partial charge in [0.05, 0.1) is 16.0 Å². The molecule has 1 aliphatic heterocycles. The minimum atomic E-state index is -4.67. The minimum Gasteiger partial charge on any atom is -0.388 e. The number of hydrogen-bond donors (Lipinski definition) is 2. The lowest BCUT2D eigenvalue weighted by Gasteiger charge is -2.22. The van der Waals surface area contributed by atoms with Crippen molar-refractivity contribution in [3.63, 3.8) is 0 Å². The minimum absolute atomic E-state index is 0.0197. The molecule has 35 heavy (non-hydrogen) atoms. The summed E-state index contributed by atoms with van der Waals surface area (Å²) >= 11 is 6.33. The van der Waals surface area contributed by atoms with Crippen molar-refractivity contribution in [3.05, 3.63) is 57.5 Å². The molecule has 2 fully saturated rings. The molecule has 1 saturated heterocycles. The topological polar surface area (TPSA) is 100 Å². The van der Waals surface area contributed by atoms with Crippen molar-refractivity contribution in [2.24, 2.45) is 5.92 Å². The SMILES string of the molecule is CC[C@@H](NC(=O)c1cn(-c2ncccc2Cl)c2nc(N3CC4CC4(O)C3)ccc2c1=O)C(F)(F)F. The zero-order valence-electron chi connectivity index (χ0n) is 18.5. The second-order valence-corrected chi connectivity index (χ2v) is 9.36. The molecule has 2 N–H and O–H groups in total. The summed E-state index contributed by atoms with van der Waals surface area (Å²) < 4.78 is 41.0. The fraction of sp³-hybridized carbons (Fsp3) is 0.391. The summed E-state index contributed by atoms with van der Waals surface area (Å²) in [7, 11) is 0. The molecule has 1 saturated carbocycles. The van der Waals surface area contributed by atoms with Crippen LogP contribution < -0.4 is 15.6 Å². The average Bonchev–Trinajstić information content (AvgIpc) is 3.32. The van der Waals surface area contributed by atoms with Gasteiger partial charge < -0.3 is 15.3 Å². The summed E-state index contributed by atoms with van der Waals surface area (Å²) in [5.74, 6) is -0.325. The lowest BCUT2D eigenvalue weighted by Crippen LogP contribution is -2.46. The normalized spacial score (nSPS) is 22.2. The van der Waals surface area contributed by atoms with E-state index in [1.807, 2.05) is 10.2 Å². The Morgan fingerprint density at radius 1 is 1.37 bits per heavy atom. The molecule has 0 radical (unpaired) electrons. The Bertz CT molecular complexity index is 1400. The van der Waals surface area contributed by atoms with Crippen LogP contribution in [0.15, 0.2) is 41.5 Å². The number of pyridine rings is 3. The Morgan fingerprint density at radius 3 is 2.77 bits per heavy atom. The molecular formula is C23H21ClF3N5O3. The van der Waals surface area contributed by atoms with Gasteiger partial charge in [0.2, 0.25) is 5.43 Å². The van der Waals surface area contributed by atoms with E-state index in [0.717, 1.165) is 12.6 Å². The predicted molar refractivity (Wildman–Crippen MR) is 123 cm³/mol. The van der Waals surface area contributed by atoms with Gasteiger partial charge in [-0.05, 0) is 37.1 Å². The number of aliphatic hydroxyl groups is 1. The summed E-state index contributed by atoms with van der Waals surface area (Å²) in [6.45, 7) is 2.30. The Morgan fingerprint density at radius 2 is 2.14 bits per heavy atom. The number of nitrogens with zero attached hydrogens (tertiary/aromatic N) is 4. The number of β-amino-alcohol motifs (C(OH)–C–C–N with tert-alkyl or cyclic N) is 1. The second kappa shape index (κ2) is 8.20. The molecule has 8 nitrogen and oxygen atoms in total. The first-order valence-electron chi connectivity index (χ1n) is 11.0. The zero-order chi connectivity index (χ0) is 25.1. The number of anilines is 1. The summed E-state index contributed by atoms with van der Waals surface area (Å²) in [6, 6.07) is 4.10. The molecule has 0 spiro atoms. The summed E-state index contributed by atoms with van der Waals surface area (Å²) in [5, 5.41) is 12.5. The number of carbonyl (C=O) groups is 1. The third kappa shape index (κ3) is 4.12. The van der Waals surface area contributed by atoms with Gasteiger partial charge in [0, 0.05) is 31.4 Å². The van der Waals surface area contributed by atoms with Crippen LogP contribution in [0.4, 0.5) is 19.0 Å². The third-order valence-corrected chi connectivity index (χ3v) is 6.88. The number of nitrogens with one attached hydrogen (secondary N) is 1. The van der Waals surface area contributed by atoms with E-state index in [1.165, 1.54) is 23.8 Å².